The lowest BCUT2D eigenvalue weighted by Crippen LogP contribution is -2.25. The molecule has 152 valence electrons. The number of ether oxygens (including phenoxy) is 1. The summed E-state index contributed by atoms with van der Waals surface area (Å²) in [6.07, 6.45) is -3.16. The third-order valence-corrected chi connectivity index (χ3v) is 4.48. The number of nitriles is 1. The van der Waals surface area contributed by atoms with Crippen molar-refractivity contribution < 1.29 is 22.7 Å². The Morgan fingerprint density at radius 3 is 2.62 bits per heavy atom. The van der Waals surface area contributed by atoms with Gasteiger partial charge in [0.15, 0.2) is 0 Å². The quantitative estimate of drug-likeness (QED) is 0.378. The van der Waals surface area contributed by atoms with Crippen LogP contribution in [0.25, 0.3) is 0 Å². The maximum Gasteiger partial charge on any atom is 0.416 e. The molecule has 1 aromatic heterocycles. The molecular weight excluding hydrogens is 453 g/mol. The fourth-order valence-electron chi connectivity index (χ4n) is 2.49. The van der Waals surface area contributed by atoms with Crippen molar-refractivity contribution in [2.75, 3.05) is 17.8 Å². The number of esters is 1. The molecule has 0 saturated carbocycles. The molecule has 0 saturated heterocycles. The lowest BCUT2D eigenvalue weighted by Gasteiger charge is -2.20. The summed E-state index contributed by atoms with van der Waals surface area (Å²) < 4.78 is 43.7. The summed E-state index contributed by atoms with van der Waals surface area (Å²) in [5.41, 5.74) is 6.34. The Labute approximate surface area is 173 Å². The Kier molecular flexibility index (Phi) is 7.36. The average molecular weight is 469 g/mol. The summed E-state index contributed by atoms with van der Waals surface area (Å²) in [6, 6.07) is 8.41. The first-order valence-electron chi connectivity index (χ1n) is 8.14. The first-order chi connectivity index (χ1) is 13.7. The van der Waals surface area contributed by atoms with E-state index in [1.165, 1.54) is 37.6 Å². The molecule has 2 aromatic rings. The van der Waals surface area contributed by atoms with Gasteiger partial charge in [-0.05, 0) is 29.8 Å². The molecule has 0 aliphatic carbocycles. The van der Waals surface area contributed by atoms with Crippen LogP contribution in [0.5, 0.6) is 0 Å². The van der Waals surface area contributed by atoms with Crippen molar-refractivity contribution in [1.29, 1.82) is 5.26 Å². The Hall–Kier alpha value is -2.90. The molecule has 2 rings (SSSR count). The molecule has 1 heterocycles. The predicted molar refractivity (Wildman–Crippen MR) is 104 cm³/mol. The number of hydrogen-bond acceptors (Lipinski definition) is 6. The highest BCUT2D eigenvalue weighted by molar-refractivity contribution is 9.09. The van der Waals surface area contributed by atoms with E-state index in [2.05, 4.69) is 26.2 Å². The van der Waals surface area contributed by atoms with E-state index in [1.807, 2.05) is 6.07 Å². The van der Waals surface area contributed by atoms with Gasteiger partial charge < -0.3 is 15.8 Å². The number of allylic oxidation sites excluding steroid dienone is 1. The maximum absolute atomic E-state index is 13.0. The number of hydrogen-bond donors (Lipinski definition) is 2. The second-order valence-corrected chi connectivity index (χ2v) is 6.35. The number of alkyl halides is 4. The third-order valence-electron chi connectivity index (χ3n) is 3.92. The van der Waals surface area contributed by atoms with E-state index in [0.29, 0.717) is 5.56 Å². The fraction of sp³-hybridized carbons (Fsp3) is 0.211. The number of methoxy groups -OCH3 is 1. The molecule has 0 unspecified atom stereocenters. The zero-order chi connectivity index (χ0) is 21.6. The fourth-order valence-corrected chi connectivity index (χ4v) is 2.93. The molecule has 6 nitrogen and oxygen atoms in total. The highest BCUT2D eigenvalue weighted by atomic mass is 79.9. The number of pyridine rings is 1. The molecule has 0 aliphatic heterocycles. The number of rotatable bonds is 6. The molecule has 0 fully saturated rings. The predicted octanol–water partition coefficient (Wildman–Crippen LogP) is 3.91. The monoisotopic (exact) mass is 468 g/mol. The van der Waals surface area contributed by atoms with Crippen LogP contribution in [0.3, 0.4) is 0 Å². The second-order valence-electron chi connectivity index (χ2n) is 5.79. The van der Waals surface area contributed by atoms with Crippen LogP contribution in [0.4, 0.5) is 18.9 Å². The van der Waals surface area contributed by atoms with E-state index in [1.54, 1.807) is 0 Å². The van der Waals surface area contributed by atoms with E-state index in [0.717, 1.165) is 12.1 Å². The van der Waals surface area contributed by atoms with Crippen molar-refractivity contribution >= 4 is 27.6 Å². The largest absolute Gasteiger partial charge is 0.466 e. The SMILES string of the molecule is COC(=O)/C(=C(\CBr)Nc1cccc(C(F)(F)F)c1)[C@H](N)c1ccc(C#N)nc1. The Morgan fingerprint density at radius 1 is 1.38 bits per heavy atom. The Balaban J connectivity index is 2.48. The highest BCUT2D eigenvalue weighted by Crippen LogP contribution is 2.32. The van der Waals surface area contributed by atoms with E-state index in [4.69, 9.17) is 15.7 Å². The standard InChI is InChI=1S/C19H16BrF3N4O2/c1-29-18(28)16(17(25)11-5-6-14(9-24)26-10-11)15(8-20)27-13-4-2-3-12(7-13)19(21,22)23/h2-7,10,17,27H,8,25H2,1H3/b16-15+/t17-/m1/s1. The maximum atomic E-state index is 13.0. The highest BCUT2D eigenvalue weighted by Gasteiger charge is 2.31. The third kappa shape index (κ3) is 5.56. The molecular formula is C19H16BrF3N4O2. The summed E-state index contributed by atoms with van der Waals surface area (Å²) >= 11 is 3.23. The van der Waals surface area contributed by atoms with E-state index in [-0.39, 0.29) is 28.0 Å². The smallest absolute Gasteiger partial charge is 0.416 e. The molecule has 1 atom stereocenters. The molecule has 0 amide bonds. The van der Waals surface area contributed by atoms with Gasteiger partial charge in [-0.15, -0.1) is 0 Å². The molecule has 1 aromatic carbocycles. The topological polar surface area (TPSA) is 101 Å². The number of carbonyl (C=O) groups is 1. The van der Waals surface area contributed by atoms with Crippen LogP contribution in [0.1, 0.15) is 22.9 Å². The van der Waals surface area contributed by atoms with Gasteiger partial charge in [-0.25, -0.2) is 9.78 Å². The summed E-state index contributed by atoms with van der Waals surface area (Å²) in [5, 5.41) is 11.7. The van der Waals surface area contributed by atoms with Gasteiger partial charge in [0.1, 0.15) is 11.8 Å². The van der Waals surface area contributed by atoms with Gasteiger partial charge in [-0.2, -0.15) is 18.4 Å². The summed E-state index contributed by atoms with van der Waals surface area (Å²) in [6.45, 7) is 0. The van der Waals surface area contributed by atoms with Gasteiger partial charge in [-0.3, -0.25) is 0 Å². The number of carbonyl (C=O) groups excluding carboxylic acids is 1. The van der Waals surface area contributed by atoms with Crippen molar-refractivity contribution in [2.24, 2.45) is 5.73 Å². The minimum atomic E-state index is -4.51. The molecule has 0 spiro atoms. The van der Waals surface area contributed by atoms with E-state index >= 15 is 0 Å². The van der Waals surface area contributed by atoms with Crippen molar-refractivity contribution in [3.8, 4) is 6.07 Å². The average Bonchev–Trinajstić information content (AvgIpc) is 2.72. The first-order valence-corrected chi connectivity index (χ1v) is 9.26. The van der Waals surface area contributed by atoms with Crippen LogP contribution in [0.15, 0.2) is 53.9 Å². The van der Waals surface area contributed by atoms with Crippen LogP contribution >= 0.6 is 15.9 Å². The minimum absolute atomic E-state index is 0.00768. The van der Waals surface area contributed by atoms with Gasteiger partial charge in [0.05, 0.1) is 24.3 Å². The number of benzene rings is 1. The zero-order valence-corrected chi connectivity index (χ0v) is 16.7. The van der Waals surface area contributed by atoms with Crippen molar-refractivity contribution in [3.05, 3.63) is 70.7 Å². The molecule has 0 bridgehead atoms. The van der Waals surface area contributed by atoms with E-state index < -0.39 is 23.8 Å². The molecule has 0 radical (unpaired) electrons. The van der Waals surface area contributed by atoms with E-state index in [9.17, 15) is 18.0 Å². The van der Waals surface area contributed by atoms with Gasteiger partial charge in [0, 0.05) is 22.9 Å². The lowest BCUT2D eigenvalue weighted by molar-refractivity contribution is -0.138. The van der Waals surface area contributed by atoms with Crippen LogP contribution < -0.4 is 11.1 Å². The van der Waals surface area contributed by atoms with Crippen molar-refractivity contribution in [3.63, 3.8) is 0 Å². The molecule has 0 aliphatic rings. The summed E-state index contributed by atoms with van der Waals surface area (Å²) in [4.78, 5) is 16.3. The Bertz CT molecular complexity index is 953. The van der Waals surface area contributed by atoms with Gasteiger partial charge in [0.2, 0.25) is 0 Å². The van der Waals surface area contributed by atoms with Gasteiger partial charge in [0.25, 0.3) is 0 Å². The van der Waals surface area contributed by atoms with Crippen LogP contribution in [0.2, 0.25) is 0 Å². The molecule has 10 heteroatoms. The van der Waals surface area contributed by atoms with Crippen LogP contribution in [0, 0.1) is 11.3 Å². The minimum Gasteiger partial charge on any atom is -0.466 e. The number of aromatic nitrogens is 1. The lowest BCUT2D eigenvalue weighted by atomic mass is 9.99. The van der Waals surface area contributed by atoms with Crippen LogP contribution in [-0.2, 0) is 15.7 Å². The second kappa shape index (κ2) is 9.54. The normalized spacial score (nSPS) is 13.1. The Morgan fingerprint density at radius 2 is 2.10 bits per heavy atom. The van der Waals surface area contributed by atoms with Crippen LogP contribution in [-0.4, -0.2) is 23.4 Å². The van der Waals surface area contributed by atoms with Gasteiger partial charge >= 0.3 is 12.1 Å². The molecule has 29 heavy (non-hydrogen) atoms. The number of anilines is 1. The molecule has 3 N–H and O–H groups in total. The number of nitrogens with zero attached hydrogens (tertiary/aromatic N) is 2. The number of nitrogens with one attached hydrogen (secondary N) is 1. The first kappa shape index (κ1) is 22.4. The zero-order valence-electron chi connectivity index (χ0n) is 15.1. The van der Waals surface area contributed by atoms with Crippen molar-refractivity contribution in [1.82, 2.24) is 4.98 Å². The number of nitrogens with two attached hydrogens (primary N) is 1. The summed E-state index contributed by atoms with van der Waals surface area (Å²) in [7, 11) is 1.17. The summed E-state index contributed by atoms with van der Waals surface area (Å²) in [5.74, 6) is -0.754. The van der Waals surface area contributed by atoms with Crippen molar-refractivity contribution in [2.45, 2.75) is 12.2 Å². The number of halogens is 4. The van der Waals surface area contributed by atoms with Gasteiger partial charge in [-0.1, -0.05) is 28.1 Å².